The molecule has 3 N–H and O–H groups in total. The molecule has 0 heterocycles. The number of sulfonamides is 1. The third-order valence-electron chi connectivity index (χ3n) is 2.85. The van der Waals surface area contributed by atoms with Crippen LogP contribution in [0.3, 0.4) is 0 Å². The molecule has 1 aliphatic rings. The number of benzene rings is 1. The molecule has 0 radical (unpaired) electrons. The summed E-state index contributed by atoms with van der Waals surface area (Å²) in [6.45, 7) is 2.05. The number of carbonyl (C=O) groups excluding carboxylic acids is 1. The van der Waals surface area contributed by atoms with Gasteiger partial charge in [-0.15, -0.1) is 0 Å². The first-order chi connectivity index (χ1) is 7.88. The van der Waals surface area contributed by atoms with Crippen molar-refractivity contribution in [3.05, 3.63) is 29.8 Å². The third-order valence-corrected chi connectivity index (χ3v) is 3.76. The average molecular weight is 254 g/mol. The normalized spacial score (nSPS) is 23.2. The zero-order chi connectivity index (χ0) is 12.6. The summed E-state index contributed by atoms with van der Waals surface area (Å²) < 4.78 is 22.3. The second-order valence-electron chi connectivity index (χ2n) is 4.37. The van der Waals surface area contributed by atoms with E-state index in [9.17, 15) is 13.2 Å². The van der Waals surface area contributed by atoms with Crippen LogP contribution >= 0.6 is 0 Å². The van der Waals surface area contributed by atoms with Gasteiger partial charge in [0.25, 0.3) is 5.91 Å². The molecule has 0 aromatic heterocycles. The first-order valence-electron chi connectivity index (χ1n) is 5.31. The summed E-state index contributed by atoms with van der Waals surface area (Å²) in [6, 6.07) is 5.94. The molecule has 6 heteroatoms. The zero-order valence-corrected chi connectivity index (χ0v) is 10.2. The Morgan fingerprint density at radius 3 is 2.65 bits per heavy atom. The van der Waals surface area contributed by atoms with Crippen LogP contribution in [-0.4, -0.2) is 20.4 Å². The van der Waals surface area contributed by atoms with Gasteiger partial charge in [0, 0.05) is 11.6 Å². The van der Waals surface area contributed by atoms with Crippen LogP contribution < -0.4 is 10.5 Å². The topological polar surface area (TPSA) is 89.3 Å². The van der Waals surface area contributed by atoms with Crippen molar-refractivity contribution in [2.75, 3.05) is 0 Å². The van der Waals surface area contributed by atoms with Crippen LogP contribution in [0.25, 0.3) is 0 Å². The highest BCUT2D eigenvalue weighted by Crippen LogP contribution is 2.29. The molecule has 0 spiro atoms. The van der Waals surface area contributed by atoms with Crippen molar-refractivity contribution in [1.29, 1.82) is 0 Å². The molecular formula is C11H14N2O3S. The largest absolute Gasteiger partial charge is 0.349 e. The van der Waals surface area contributed by atoms with Gasteiger partial charge in [0.15, 0.2) is 0 Å². The van der Waals surface area contributed by atoms with E-state index < -0.39 is 10.0 Å². The Morgan fingerprint density at radius 1 is 1.47 bits per heavy atom. The summed E-state index contributed by atoms with van der Waals surface area (Å²) in [6.07, 6.45) is 0.973. The Balaban J connectivity index is 2.18. The van der Waals surface area contributed by atoms with Gasteiger partial charge < -0.3 is 5.32 Å². The lowest BCUT2D eigenvalue weighted by atomic mass is 10.2. The lowest BCUT2D eigenvalue weighted by Gasteiger charge is -2.05. The molecule has 1 aromatic carbocycles. The minimum absolute atomic E-state index is 0.0472. The summed E-state index contributed by atoms with van der Waals surface area (Å²) in [5.74, 6) is 0.241. The van der Waals surface area contributed by atoms with Crippen LogP contribution in [0.4, 0.5) is 0 Å². The van der Waals surface area contributed by atoms with E-state index in [-0.39, 0.29) is 16.8 Å². The van der Waals surface area contributed by atoms with E-state index in [1.807, 2.05) is 6.92 Å². The minimum Gasteiger partial charge on any atom is -0.349 e. The molecule has 0 aliphatic heterocycles. The van der Waals surface area contributed by atoms with E-state index in [0.717, 1.165) is 6.42 Å². The number of hydrogen-bond donors (Lipinski definition) is 2. The summed E-state index contributed by atoms with van der Waals surface area (Å²) in [7, 11) is -3.76. The van der Waals surface area contributed by atoms with Crippen LogP contribution in [0.5, 0.6) is 0 Å². The van der Waals surface area contributed by atoms with Crippen molar-refractivity contribution >= 4 is 15.9 Å². The van der Waals surface area contributed by atoms with Crippen LogP contribution in [0.1, 0.15) is 23.7 Å². The van der Waals surface area contributed by atoms with Gasteiger partial charge >= 0.3 is 0 Å². The Kier molecular flexibility index (Phi) is 2.92. The maximum absolute atomic E-state index is 11.8. The zero-order valence-electron chi connectivity index (χ0n) is 9.38. The van der Waals surface area contributed by atoms with Crippen LogP contribution in [0.15, 0.2) is 29.2 Å². The van der Waals surface area contributed by atoms with Gasteiger partial charge in [-0.25, -0.2) is 13.6 Å². The molecule has 2 unspecified atom stereocenters. The predicted octanol–water partition coefficient (Wildman–Crippen LogP) is 0.472. The predicted molar refractivity (Wildman–Crippen MR) is 62.9 cm³/mol. The van der Waals surface area contributed by atoms with E-state index in [0.29, 0.717) is 11.5 Å². The number of amides is 1. The lowest BCUT2D eigenvalue weighted by Crippen LogP contribution is -2.26. The molecule has 17 heavy (non-hydrogen) atoms. The summed E-state index contributed by atoms with van der Waals surface area (Å²) in [5.41, 5.74) is 0.315. The smallest absolute Gasteiger partial charge is 0.251 e. The summed E-state index contributed by atoms with van der Waals surface area (Å²) in [4.78, 5) is 11.7. The number of primary sulfonamides is 1. The van der Waals surface area contributed by atoms with Crippen LogP contribution in [-0.2, 0) is 10.0 Å². The molecule has 2 atom stereocenters. The maximum atomic E-state index is 11.8. The summed E-state index contributed by atoms with van der Waals surface area (Å²) >= 11 is 0. The first-order valence-corrected chi connectivity index (χ1v) is 6.86. The van der Waals surface area contributed by atoms with Crippen LogP contribution in [0, 0.1) is 5.92 Å². The molecule has 1 aliphatic carbocycles. The lowest BCUT2D eigenvalue weighted by molar-refractivity contribution is 0.0949. The standard InChI is InChI=1S/C11H14N2O3S/c1-7-5-10(7)13-11(14)8-3-2-4-9(6-8)17(12,15)16/h2-4,6-7,10H,5H2,1H3,(H,13,14)(H2,12,15,16). The molecule has 0 saturated heterocycles. The molecule has 5 nitrogen and oxygen atoms in total. The number of nitrogens with one attached hydrogen (secondary N) is 1. The van der Waals surface area contributed by atoms with Gasteiger partial charge in [-0.1, -0.05) is 13.0 Å². The van der Waals surface area contributed by atoms with Crippen LogP contribution in [0.2, 0.25) is 0 Å². The van der Waals surface area contributed by atoms with Gasteiger partial charge in [-0.2, -0.15) is 0 Å². The summed E-state index contributed by atoms with van der Waals surface area (Å²) in [5, 5.41) is 7.83. The van der Waals surface area contributed by atoms with Gasteiger partial charge in [-0.05, 0) is 30.5 Å². The minimum atomic E-state index is -3.76. The number of carbonyl (C=O) groups is 1. The molecule has 1 fully saturated rings. The fourth-order valence-corrected chi connectivity index (χ4v) is 2.15. The van der Waals surface area contributed by atoms with Crippen molar-refractivity contribution in [2.45, 2.75) is 24.3 Å². The van der Waals surface area contributed by atoms with Crippen molar-refractivity contribution in [2.24, 2.45) is 11.1 Å². The third kappa shape index (κ3) is 2.83. The molecule has 2 rings (SSSR count). The van der Waals surface area contributed by atoms with E-state index in [2.05, 4.69) is 5.32 Å². The van der Waals surface area contributed by atoms with Gasteiger partial charge in [-0.3, -0.25) is 4.79 Å². The maximum Gasteiger partial charge on any atom is 0.251 e. The average Bonchev–Trinajstić information content (AvgIpc) is 2.93. The van der Waals surface area contributed by atoms with Crippen molar-refractivity contribution in [3.63, 3.8) is 0 Å². The molecule has 1 saturated carbocycles. The highest BCUT2D eigenvalue weighted by Gasteiger charge is 2.34. The Morgan fingerprint density at radius 2 is 2.12 bits per heavy atom. The van der Waals surface area contributed by atoms with Crippen molar-refractivity contribution in [3.8, 4) is 0 Å². The molecule has 92 valence electrons. The van der Waals surface area contributed by atoms with Gasteiger partial charge in [0.05, 0.1) is 4.90 Å². The van der Waals surface area contributed by atoms with E-state index in [1.165, 1.54) is 18.2 Å². The number of nitrogens with two attached hydrogens (primary N) is 1. The number of rotatable bonds is 3. The molecule has 0 bridgehead atoms. The fraction of sp³-hybridized carbons (Fsp3) is 0.364. The van der Waals surface area contributed by atoms with Crippen molar-refractivity contribution < 1.29 is 13.2 Å². The van der Waals surface area contributed by atoms with Gasteiger partial charge in [0.2, 0.25) is 10.0 Å². The number of hydrogen-bond acceptors (Lipinski definition) is 3. The molecule has 1 amide bonds. The molecular weight excluding hydrogens is 240 g/mol. The second-order valence-corrected chi connectivity index (χ2v) is 5.93. The quantitative estimate of drug-likeness (QED) is 0.821. The fourth-order valence-electron chi connectivity index (χ4n) is 1.59. The first kappa shape index (κ1) is 12.1. The second kappa shape index (κ2) is 4.12. The highest BCUT2D eigenvalue weighted by molar-refractivity contribution is 7.89. The van der Waals surface area contributed by atoms with Crippen molar-refractivity contribution in [1.82, 2.24) is 5.32 Å². The highest BCUT2D eigenvalue weighted by atomic mass is 32.2. The monoisotopic (exact) mass is 254 g/mol. The van der Waals surface area contributed by atoms with E-state index in [4.69, 9.17) is 5.14 Å². The Labute approximate surface area is 100 Å². The van der Waals surface area contributed by atoms with Gasteiger partial charge in [0.1, 0.15) is 0 Å². The Bertz CT molecular complexity index is 554. The van der Waals surface area contributed by atoms with E-state index >= 15 is 0 Å². The SMILES string of the molecule is CC1CC1NC(=O)c1cccc(S(N)(=O)=O)c1. The molecule has 1 aromatic rings. The Hall–Kier alpha value is -1.40. The van der Waals surface area contributed by atoms with E-state index in [1.54, 1.807) is 6.07 Å².